The van der Waals surface area contributed by atoms with Crippen molar-refractivity contribution in [3.05, 3.63) is 33.9 Å². The van der Waals surface area contributed by atoms with Crippen LogP contribution in [0.4, 0.5) is 11.4 Å². The van der Waals surface area contributed by atoms with E-state index in [9.17, 15) is 23.3 Å². The van der Waals surface area contributed by atoms with E-state index in [1.165, 1.54) is 0 Å². The third kappa shape index (κ3) is 3.69. The van der Waals surface area contributed by atoms with Crippen LogP contribution in [0.5, 0.6) is 0 Å². The van der Waals surface area contributed by atoms with E-state index in [4.69, 9.17) is 5.11 Å². The van der Waals surface area contributed by atoms with Crippen molar-refractivity contribution in [3.8, 4) is 0 Å². The van der Waals surface area contributed by atoms with Crippen molar-refractivity contribution in [1.82, 2.24) is 0 Å². The Morgan fingerprint density at radius 3 is 2.71 bits per heavy atom. The number of nitrogens with one attached hydrogen (secondary N) is 1. The number of aromatic carboxylic acids is 1. The lowest BCUT2D eigenvalue weighted by atomic mass is 10.1. The topological polar surface area (TPSA) is 127 Å². The van der Waals surface area contributed by atoms with E-state index in [2.05, 4.69) is 5.32 Å². The molecule has 2 rings (SSSR count). The predicted molar refractivity (Wildman–Crippen MR) is 75.4 cm³/mol. The summed E-state index contributed by atoms with van der Waals surface area (Å²) < 4.78 is 23.2. The summed E-state index contributed by atoms with van der Waals surface area (Å²) in [5.41, 5.74) is -0.341. The molecule has 0 aliphatic carbocycles. The summed E-state index contributed by atoms with van der Waals surface area (Å²) in [6, 6.07) is 2.94. The minimum absolute atomic E-state index is 0.0296. The average molecular weight is 314 g/mol. The van der Waals surface area contributed by atoms with Gasteiger partial charge in [0.2, 0.25) is 0 Å². The van der Waals surface area contributed by atoms with Gasteiger partial charge in [0.05, 0.1) is 22.0 Å². The molecule has 1 aliphatic rings. The summed E-state index contributed by atoms with van der Waals surface area (Å²) in [6.07, 6.45) is 1.04. The fraction of sp³-hybridized carbons (Fsp3) is 0.417. The fourth-order valence-electron chi connectivity index (χ4n) is 2.30. The highest BCUT2D eigenvalue weighted by molar-refractivity contribution is 7.91. The van der Waals surface area contributed by atoms with Crippen molar-refractivity contribution in [3.63, 3.8) is 0 Å². The first-order valence-corrected chi connectivity index (χ1v) is 8.09. The monoisotopic (exact) mass is 314 g/mol. The van der Waals surface area contributed by atoms with Crippen LogP contribution in [0.15, 0.2) is 18.2 Å². The zero-order valence-corrected chi connectivity index (χ0v) is 11.8. The van der Waals surface area contributed by atoms with E-state index in [1.54, 1.807) is 0 Å². The van der Waals surface area contributed by atoms with Crippen LogP contribution >= 0.6 is 0 Å². The highest BCUT2D eigenvalue weighted by Crippen LogP contribution is 2.28. The largest absolute Gasteiger partial charge is 0.478 e. The Hall–Kier alpha value is -2.16. The molecule has 0 radical (unpaired) electrons. The summed E-state index contributed by atoms with van der Waals surface area (Å²) >= 11 is 0. The summed E-state index contributed by atoms with van der Waals surface area (Å²) in [7, 11) is -3.16. The van der Waals surface area contributed by atoms with Crippen LogP contribution in [-0.2, 0) is 9.84 Å². The normalized spacial score (nSPS) is 20.7. The molecule has 1 aromatic carbocycles. The van der Waals surface area contributed by atoms with Crippen LogP contribution in [0.25, 0.3) is 0 Å². The molecular weight excluding hydrogens is 300 g/mol. The molecule has 0 bridgehead atoms. The Kier molecular flexibility index (Phi) is 4.12. The number of carboxylic acids is 1. The van der Waals surface area contributed by atoms with Gasteiger partial charge >= 0.3 is 5.97 Å². The van der Waals surface area contributed by atoms with Gasteiger partial charge in [-0.15, -0.1) is 0 Å². The van der Waals surface area contributed by atoms with Crippen molar-refractivity contribution in [1.29, 1.82) is 0 Å². The first kappa shape index (κ1) is 15.2. The molecule has 0 amide bonds. The van der Waals surface area contributed by atoms with Gasteiger partial charge < -0.3 is 10.4 Å². The number of sulfone groups is 1. The number of hydrogen-bond acceptors (Lipinski definition) is 6. The summed E-state index contributed by atoms with van der Waals surface area (Å²) in [4.78, 5) is 21.3. The van der Waals surface area contributed by atoms with Gasteiger partial charge in [0, 0.05) is 12.1 Å². The molecular formula is C12H14N2O6S. The second-order valence-corrected chi connectivity index (χ2v) is 7.12. The summed E-state index contributed by atoms with van der Waals surface area (Å²) in [6.45, 7) is 0. The van der Waals surface area contributed by atoms with E-state index in [0.29, 0.717) is 12.8 Å². The van der Waals surface area contributed by atoms with Crippen LogP contribution in [0.1, 0.15) is 23.2 Å². The number of benzene rings is 1. The molecule has 0 aromatic heterocycles. The molecule has 2 N–H and O–H groups in total. The zero-order chi connectivity index (χ0) is 15.6. The molecule has 9 heteroatoms. The molecule has 0 spiro atoms. The number of rotatable bonds is 4. The molecule has 1 fully saturated rings. The Labute approximate surface area is 120 Å². The molecule has 1 aromatic rings. The lowest BCUT2D eigenvalue weighted by molar-refractivity contribution is -0.384. The Balaban J connectivity index is 2.30. The van der Waals surface area contributed by atoms with Gasteiger partial charge in [-0.1, -0.05) is 0 Å². The highest BCUT2D eigenvalue weighted by Gasteiger charge is 2.27. The van der Waals surface area contributed by atoms with Crippen molar-refractivity contribution < 1.29 is 23.2 Å². The van der Waals surface area contributed by atoms with E-state index >= 15 is 0 Å². The molecule has 114 valence electrons. The van der Waals surface area contributed by atoms with Gasteiger partial charge in [0.15, 0.2) is 9.84 Å². The van der Waals surface area contributed by atoms with Gasteiger partial charge in [-0.2, -0.15) is 0 Å². The van der Waals surface area contributed by atoms with Crippen LogP contribution in [0.3, 0.4) is 0 Å². The van der Waals surface area contributed by atoms with Gasteiger partial charge in [-0.05, 0) is 25.0 Å². The third-order valence-electron chi connectivity index (χ3n) is 3.26. The molecule has 1 heterocycles. The summed E-state index contributed by atoms with van der Waals surface area (Å²) in [5.74, 6) is -1.20. The van der Waals surface area contributed by atoms with Crippen molar-refractivity contribution >= 4 is 27.2 Å². The van der Waals surface area contributed by atoms with Crippen LogP contribution in [0, 0.1) is 10.1 Å². The lowest BCUT2D eigenvalue weighted by Crippen LogP contribution is -2.35. The van der Waals surface area contributed by atoms with E-state index < -0.39 is 26.8 Å². The molecule has 8 nitrogen and oxygen atoms in total. The average Bonchev–Trinajstić information content (AvgIpc) is 2.37. The first-order valence-electron chi connectivity index (χ1n) is 6.27. The van der Waals surface area contributed by atoms with E-state index in [1.807, 2.05) is 0 Å². The maximum Gasteiger partial charge on any atom is 0.335 e. The minimum atomic E-state index is -3.16. The number of carbonyl (C=O) groups is 1. The zero-order valence-electron chi connectivity index (χ0n) is 11.0. The van der Waals surface area contributed by atoms with Gasteiger partial charge in [0.1, 0.15) is 5.69 Å². The number of anilines is 1. The lowest BCUT2D eigenvalue weighted by Gasteiger charge is -2.23. The smallest absolute Gasteiger partial charge is 0.335 e. The Morgan fingerprint density at radius 2 is 2.14 bits per heavy atom. The third-order valence-corrected chi connectivity index (χ3v) is 5.08. The highest BCUT2D eigenvalue weighted by atomic mass is 32.2. The van der Waals surface area contributed by atoms with Crippen molar-refractivity contribution in [2.45, 2.75) is 18.9 Å². The fourth-order valence-corrected chi connectivity index (χ4v) is 3.94. The number of nitro benzene ring substituents is 1. The maximum atomic E-state index is 11.6. The van der Waals surface area contributed by atoms with E-state index in [0.717, 1.165) is 18.2 Å². The predicted octanol–water partition coefficient (Wildman–Crippen LogP) is 1.28. The van der Waals surface area contributed by atoms with Crippen LogP contribution in [-0.4, -0.2) is 42.0 Å². The van der Waals surface area contributed by atoms with Gasteiger partial charge in [0.25, 0.3) is 5.69 Å². The molecule has 1 aliphatic heterocycles. The quantitative estimate of drug-likeness (QED) is 0.633. The Bertz CT molecular complexity index is 685. The molecule has 1 atom stereocenters. The summed E-state index contributed by atoms with van der Waals surface area (Å²) in [5, 5.41) is 22.7. The maximum absolute atomic E-state index is 11.6. The number of nitrogens with zero attached hydrogens (tertiary/aromatic N) is 1. The molecule has 1 saturated heterocycles. The standard InChI is InChI=1S/C12H14N2O6S/c15-12(16)8-3-4-11(14(17)18)10(6-8)13-9-2-1-5-21(19,20)7-9/h3-4,6,9,13H,1-2,5,7H2,(H,15,16). The van der Waals surface area contributed by atoms with Gasteiger partial charge in [-0.3, -0.25) is 10.1 Å². The van der Waals surface area contributed by atoms with Crippen molar-refractivity contribution in [2.24, 2.45) is 0 Å². The molecule has 21 heavy (non-hydrogen) atoms. The number of hydrogen-bond donors (Lipinski definition) is 2. The minimum Gasteiger partial charge on any atom is -0.478 e. The molecule has 0 saturated carbocycles. The van der Waals surface area contributed by atoms with E-state index in [-0.39, 0.29) is 28.4 Å². The second kappa shape index (κ2) is 5.68. The second-order valence-electron chi connectivity index (χ2n) is 4.89. The Morgan fingerprint density at radius 1 is 1.43 bits per heavy atom. The number of nitro groups is 1. The SMILES string of the molecule is O=C(O)c1ccc([N+](=O)[O-])c(NC2CCCS(=O)(=O)C2)c1. The molecule has 1 unspecified atom stereocenters. The van der Waals surface area contributed by atoms with Crippen LogP contribution < -0.4 is 5.32 Å². The first-order chi connectivity index (χ1) is 9.78. The van der Waals surface area contributed by atoms with Crippen molar-refractivity contribution in [2.75, 3.05) is 16.8 Å². The van der Waals surface area contributed by atoms with Crippen LogP contribution in [0.2, 0.25) is 0 Å². The number of carboxylic acid groups (broad SMARTS) is 1. The van der Waals surface area contributed by atoms with Gasteiger partial charge in [-0.25, -0.2) is 13.2 Å².